The summed E-state index contributed by atoms with van der Waals surface area (Å²) in [5.74, 6) is 0.0582. The van der Waals surface area contributed by atoms with E-state index in [1.807, 2.05) is 6.92 Å². The Morgan fingerprint density at radius 3 is 2.61 bits per heavy atom. The molecule has 0 aromatic rings. The van der Waals surface area contributed by atoms with Crippen molar-refractivity contribution in [2.24, 2.45) is 5.41 Å². The summed E-state index contributed by atoms with van der Waals surface area (Å²) in [7, 11) is 0. The number of carbonyl (C=O) groups excluding carboxylic acids is 1. The number of aliphatic hydroxyl groups is 1. The number of nitrogens with one attached hydrogen (secondary N) is 1. The fourth-order valence-electron chi connectivity index (χ4n) is 2.50. The smallest absolute Gasteiger partial charge is 0.237 e. The van der Waals surface area contributed by atoms with E-state index in [-0.39, 0.29) is 24.0 Å². The van der Waals surface area contributed by atoms with Crippen LogP contribution in [-0.4, -0.2) is 48.2 Å². The van der Waals surface area contributed by atoms with Crippen molar-refractivity contribution in [1.82, 2.24) is 10.2 Å². The highest BCUT2D eigenvalue weighted by Gasteiger charge is 2.34. The first-order valence-electron chi connectivity index (χ1n) is 6.82. The maximum atomic E-state index is 11.9. The summed E-state index contributed by atoms with van der Waals surface area (Å²) in [6.45, 7) is 10.2. The Morgan fingerprint density at radius 2 is 2.17 bits per heavy atom. The van der Waals surface area contributed by atoms with Gasteiger partial charge in [0.1, 0.15) is 0 Å². The molecule has 0 aromatic heterocycles. The van der Waals surface area contributed by atoms with Crippen molar-refractivity contribution >= 4 is 5.91 Å². The molecular formula is C14H26N2O2. The molecule has 4 heteroatoms. The third kappa shape index (κ3) is 3.56. The Labute approximate surface area is 110 Å². The van der Waals surface area contributed by atoms with Crippen molar-refractivity contribution in [3.63, 3.8) is 0 Å². The Balaban J connectivity index is 2.46. The first-order valence-corrected chi connectivity index (χ1v) is 6.82. The zero-order valence-electron chi connectivity index (χ0n) is 11.6. The molecule has 0 radical (unpaired) electrons. The molecule has 1 unspecified atom stereocenters. The lowest BCUT2D eigenvalue weighted by Gasteiger charge is -2.42. The van der Waals surface area contributed by atoms with E-state index in [1.54, 1.807) is 6.08 Å². The largest absolute Gasteiger partial charge is 0.396 e. The Bertz CT molecular complexity index is 278. The maximum absolute atomic E-state index is 11.9. The van der Waals surface area contributed by atoms with Crippen molar-refractivity contribution < 1.29 is 9.90 Å². The molecule has 0 aromatic carbocycles. The van der Waals surface area contributed by atoms with Crippen molar-refractivity contribution in [1.29, 1.82) is 0 Å². The van der Waals surface area contributed by atoms with Gasteiger partial charge in [-0.3, -0.25) is 9.69 Å². The quantitative estimate of drug-likeness (QED) is 0.699. The topological polar surface area (TPSA) is 52.6 Å². The van der Waals surface area contributed by atoms with E-state index in [1.165, 1.54) is 0 Å². The number of piperidine rings is 1. The van der Waals surface area contributed by atoms with Crippen molar-refractivity contribution in [2.45, 2.75) is 39.2 Å². The predicted molar refractivity (Wildman–Crippen MR) is 73.3 cm³/mol. The molecule has 1 fully saturated rings. The van der Waals surface area contributed by atoms with Crippen LogP contribution in [0, 0.1) is 5.41 Å². The van der Waals surface area contributed by atoms with Gasteiger partial charge in [0.25, 0.3) is 0 Å². The third-order valence-electron chi connectivity index (χ3n) is 4.29. The van der Waals surface area contributed by atoms with Crippen LogP contribution in [0.2, 0.25) is 0 Å². The molecule has 0 bridgehead atoms. The van der Waals surface area contributed by atoms with Gasteiger partial charge in [-0.1, -0.05) is 13.0 Å². The third-order valence-corrected chi connectivity index (χ3v) is 4.29. The van der Waals surface area contributed by atoms with Gasteiger partial charge in [0.15, 0.2) is 0 Å². The van der Waals surface area contributed by atoms with Crippen LogP contribution in [0.3, 0.4) is 0 Å². The molecule has 1 atom stereocenters. The molecule has 4 nitrogen and oxygen atoms in total. The van der Waals surface area contributed by atoms with Crippen LogP contribution in [-0.2, 0) is 4.79 Å². The van der Waals surface area contributed by atoms with E-state index < -0.39 is 0 Å². The molecule has 1 amide bonds. The lowest BCUT2D eigenvalue weighted by atomic mass is 9.76. The average molecular weight is 254 g/mol. The number of nitrogens with zero attached hydrogens (tertiary/aromatic N) is 1. The van der Waals surface area contributed by atoms with Gasteiger partial charge < -0.3 is 10.4 Å². The second-order valence-electron chi connectivity index (χ2n) is 5.26. The fraction of sp³-hybridized carbons (Fsp3) is 0.786. The van der Waals surface area contributed by atoms with Crippen LogP contribution in [0.4, 0.5) is 0 Å². The van der Waals surface area contributed by atoms with Gasteiger partial charge in [-0.25, -0.2) is 0 Å². The molecule has 1 heterocycles. The number of amides is 1. The molecule has 0 aliphatic carbocycles. The number of hydrogen-bond donors (Lipinski definition) is 2. The Hall–Kier alpha value is -0.870. The van der Waals surface area contributed by atoms with E-state index in [2.05, 4.69) is 23.7 Å². The minimum atomic E-state index is -0.0986. The zero-order valence-corrected chi connectivity index (χ0v) is 11.6. The van der Waals surface area contributed by atoms with Gasteiger partial charge in [0.2, 0.25) is 5.91 Å². The van der Waals surface area contributed by atoms with Crippen LogP contribution in [0.25, 0.3) is 0 Å². The van der Waals surface area contributed by atoms with Crippen LogP contribution < -0.4 is 5.32 Å². The summed E-state index contributed by atoms with van der Waals surface area (Å²) in [6.07, 6.45) is 4.64. The van der Waals surface area contributed by atoms with Gasteiger partial charge in [-0.05, 0) is 44.7 Å². The van der Waals surface area contributed by atoms with Crippen molar-refractivity contribution in [2.75, 3.05) is 26.2 Å². The van der Waals surface area contributed by atoms with E-state index >= 15 is 0 Å². The molecule has 104 valence electrons. The van der Waals surface area contributed by atoms with E-state index in [4.69, 9.17) is 0 Å². The molecule has 1 saturated heterocycles. The highest BCUT2D eigenvalue weighted by molar-refractivity contribution is 5.81. The molecule has 1 aliphatic heterocycles. The normalized spacial score (nSPS) is 21.3. The van der Waals surface area contributed by atoms with Gasteiger partial charge in [0.05, 0.1) is 6.04 Å². The minimum Gasteiger partial charge on any atom is -0.396 e. The first-order chi connectivity index (χ1) is 8.58. The zero-order chi connectivity index (χ0) is 13.6. The summed E-state index contributed by atoms with van der Waals surface area (Å²) in [5, 5.41) is 12.3. The summed E-state index contributed by atoms with van der Waals surface area (Å²) >= 11 is 0. The van der Waals surface area contributed by atoms with Gasteiger partial charge in [-0.15, -0.1) is 6.58 Å². The van der Waals surface area contributed by atoms with Crippen molar-refractivity contribution in [3.8, 4) is 0 Å². The highest BCUT2D eigenvalue weighted by atomic mass is 16.3. The maximum Gasteiger partial charge on any atom is 0.237 e. The lowest BCUT2D eigenvalue weighted by Crippen LogP contribution is -2.50. The number of rotatable bonds is 6. The number of likely N-dealkylation sites (tertiary alicyclic amines) is 1. The van der Waals surface area contributed by atoms with Gasteiger partial charge in [-0.2, -0.15) is 0 Å². The van der Waals surface area contributed by atoms with Crippen LogP contribution in [0.1, 0.15) is 33.1 Å². The molecule has 2 N–H and O–H groups in total. The lowest BCUT2D eigenvalue weighted by molar-refractivity contribution is -0.126. The second kappa shape index (κ2) is 6.90. The van der Waals surface area contributed by atoms with E-state index in [9.17, 15) is 9.90 Å². The summed E-state index contributed by atoms with van der Waals surface area (Å²) in [5.41, 5.74) is 0.0772. The standard InChI is InChI=1S/C14H26N2O2/c1-4-8-15-13(18)12(3)16-9-6-14(5-2,11-17)7-10-16/h4,12,17H,1,5-11H2,2-3H3,(H,15,18). The molecule has 0 saturated carbocycles. The number of aliphatic hydroxyl groups excluding tert-OH is 1. The Morgan fingerprint density at radius 1 is 1.56 bits per heavy atom. The van der Waals surface area contributed by atoms with Crippen LogP contribution in [0.5, 0.6) is 0 Å². The number of carbonyl (C=O) groups is 1. The summed E-state index contributed by atoms with van der Waals surface area (Å²) in [4.78, 5) is 14.0. The van der Waals surface area contributed by atoms with E-state index in [0.29, 0.717) is 6.54 Å². The summed E-state index contributed by atoms with van der Waals surface area (Å²) in [6, 6.07) is -0.0986. The van der Waals surface area contributed by atoms with Crippen molar-refractivity contribution in [3.05, 3.63) is 12.7 Å². The van der Waals surface area contributed by atoms with Gasteiger partial charge in [0, 0.05) is 13.2 Å². The first kappa shape index (κ1) is 15.2. The molecule has 18 heavy (non-hydrogen) atoms. The monoisotopic (exact) mass is 254 g/mol. The predicted octanol–water partition coefficient (Wildman–Crippen LogP) is 1.16. The number of hydrogen-bond acceptors (Lipinski definition) is 3. The SMILES string of the molecule is C=CCNC(=O)C(C)N1CCC(CC)(CO)CC1. The summed E-state index contributed by atoms with van der Waals surface area (Å²) < 4.78 is 0. The Kier molecular flexibility index (Phi) is 5.82. The molecular weight excluding hydrogens is 228 g/mol. The van der Waals surface area contributed by atoms with Crippen LogP contribution in [0.15, 0.2) is 12.7 Å². The van der Waals surface area contributed by atoms with Crippen LogP contribution >= 0.6 is 0 Å². The van der Waals surface area contributed by atoms with Gasteiger partial charge >= 0.3 is 0 Å². The fourth-order valence-corrected chi connectivity index (χ4v) is 2.50. The molecule has 0 spiro atoms. The molecule has 1 aliphatic rings. The average Bonchev–Trinajstić information content (AvgIpc) is 2.44. The molecule has 1 rings (SSSR count). The second-order valence-corrected chi connectivity index (χ2v) is 5.26. The highest BCUT2D eigenvalue weighted by Crippen LogP contribution is 2.34. The minimum absolute atomic E-state index is 0.0582. The van der Waals surface area contributed by atoms with E-state index in [0.717, 1.165) is 32.4 Å².